The van der Waals surface area contributed by atoms with Crippen LogP contribution < -0.4 is 0 Å². The van der Waals surface area contributed by atoms with E-state index in [1.54, 1.807) is 6.07 Å². The van der Waals surface area contributed by atoms with Gasteiger partial charge in [-0.3, -0.25) is 0 Å². The van der Waals surface area contributed by atoms with Crippen molar-refractivity contribution < 1.29 is 4.39 Å². The van der Waals surface area contributed by atoms with Crippen LogP contribution in [0, 0.1) is 36.9 Å². The number of rotatable bonds is 3. The molecule has 0 saturated heterocycles. The van der Waals surface area contributed by atoms with E-state index in [-0.39, 0.29) is 11.7 Å². The van der Waals surface area contributed by atoms with Crippen LogP contribution in [-0.2, 0) is 0 Å². The third kappa shape index (κ3) is 2.84. The number of fused-ring (bicyclic) bond motifs is 1. The average molecular weight is 360 g/mol. The number of halogens is 1. The van der Waals surface area contributed by atoms with Crippen molar-refractivity contribution in [2.75, 3.05) is 0 Å². The lowest BCUT2D eigenvalue weighted by Crippen LogP contribution is -2.21. The lowest BCUT2D eigenvalue weighted by molar-refractivity contribution is 0.330. The van der Waals surface area contributed by atoms with Crippen molar-refractivity contribution in [1.82, 2.24) is 4.57 Å². The van der Waals surface area contributed by atoms with Crippen LogP contribution in [0.25, 0.3) is 16.6 Å². The lowest BCUT2D eigenvalue weighted by atomic mass is 9.70. The van der Waals surface area contributed by atoms with Gasteiger partial charge in [0.05, 0.1) is 11.6 Å². The van der Waals surface area contributed by atoms with Crippen LogP contribution in [-0.4, -0.2) is 4.57 Å². The number of nitrogens with zero attached hydrogens (tertiary/aromatic N) is 2. The van der Waals surface area contributed by atoms with Crippen LogP contribution in [0.15, 0.2) is 36.4 Å². The fraction of sp³-hybridized carbons (Fsp3) is 0.375. The summed E-state index contributed by atoms with van der Waals surface area (Å²) in [6.45, 7) is 8.38. The van der Waals surface area contributed by atoms with Gasteiger partial charge in [-0.15, -0.1) is 0 Å². The van der Waals surface area contributed by atoms with Gasteiger partial charge in [-0.25, -0.2) is 4.39 Å². The van der Waals surface area contributed by atoms with Gasteiger partial charge in [-0.1, -0.05) is 25.5 Å². The Morgan fingerprint density at radius 1 is 1.11 bits per heavy atom. The van der Waals surface area contributed by atoms with E-state index in [9.17, 15) is 9.65 Å². The van der Waals surface area contributed by atoms with E-state index >= 15 is 0 Å². The van der Waals surface area contributed by atoms with Crippen LogP contribution >= 0.6 is 0 Å². The molecule has 0 amide bonds. The number of benzene rings is 2. The van der Waals surface area contributed by atoms with Crippen molar-refractivity contribution in [3.05, 3.63) is 64.6 Å². The Labute approximate surface area is 160 Å². The summed E-state index contributed by atoms with van der Waals surface area (Å²) in [4.78, 5) is 0. The predicted molar refractivity (Wildman–Crippen MR) is 108 cm³/mol. The van der Waals surface area contributed by atoms with Gasteiger partial charge in [-0.05, 0) is 80.0 Å². The summed E-state index contributed by atoms with van der Waals surface area (Å²) in [5.41, 5.74) is 6.76. The summed E-state index contributed by atoms with van der Waals surface area (Å²) < 4.78 is 16.2. The van der Waals surface area contributed by atoms with Crippen LogP contribution in [0.1, 0.15) is 60.9 Å². The molecule has 0 unspecified atom stereocenters. The van der Waals surface area contributed by atoms with Crippen molar-refractivity contribution in [2.45, 2.75) is 52.4 Å². The first-order valence-electron chi connectivity index (χ1n) is 9.71. The number of nitriles is 1. The predicted octanol–water partition coefficient (Wildman–Crippen LogP) is 6.53. The molecule has 0 aliphatic heterocycles. The Morgan fingerprint density at radius 3 is 2.48 bits per heavy atom. The molecule has 0 atom stereocenters. The topological polar surface area (TPSA) is 28.7 Å². The third-order valence-electron chi connectivity index (χ3n) is 5.88. The number of hydrogen-bond acceptors (Lipinski definition) is 1. The molecule has 1 fully saturated rings. The van der Waals surface area contributed by atoms with Crippen molar-refractivity contribution in [1.29, 1.82) is 5.26 Å². The maximum atomic E-state index is 13.9. The Hall–Kier alpha value is -2.60. The first kappa shape index (κ1) is 17.8. The number of aryl methyl sites for hydroxylation is 2. The summed E-state index contributed by atoms with van der Waals surface area (Å²) in [5.74, 6) is 0.762. The molecule has 0 spiro atoms. The molecule has 1 aromatic heterocycles. The molecular weight excluding hydrogens is 335 g/mol. The first-order chi connectivity index (χ1) is 12.9. The normalized spacial score (nSPS) is 19.3. The molecule has 1 aliphatic carbocycles. The van der Waals surface area contributed by atoms with Crippen molar-refractivity contribution in [3.8, 4) is 11.8 Å². The monoisotopic (exact) mass is 360 g/mol. The molecule has 3 heteroatoms. The zero-order valence-electron chi connectivity index (χ0n) is 16.4. The van der Waals surface area contributed by atoms with Gasteiger partial charge < -0.3 is 4.57 Å². The van der Waals surface area contributed by atoms with Gasteiger partial charge >= 0.3 is 0 Å². The van der Waals surface area contributed by atoms with Gasteiger partial charge in [0.15, 0.2) is 0 Å². The minimum atomic E-state index is -0.173. The largest absolute Gasteiger partial charge is 0.313 e. The Morgan fingerprint density at radius 2 is 1.85 bits per heavy atom. The molecule has 1 saturated carbocycles. The molecule has 1 aliphatic rings. The molecule has 0 N–H and O–H groups in total. The van der Waals surface area contributed by atoms with E-state index in [0.717, 1.165) is 18.5 Å². The van der Waals surface area contributed by atoms with Crippen LogP contribution in [0.5, 0.6) is 0 Å². The fourth-order valence-electron chi connectivity index (χ4n) is 4.45. The van der Waals surface area contributed by atoms with Crippen LogP contribution in [0.4, 0.5) is 4.39 Å². The zero-order valence-corrected chi connectivity index (χ0v) is 16.4. The van der Waals surface area contributed by atoms with Crippen LogP contribution in [0.2, 0.25) is 0 Å². The second-order valence-corrected chi connectivity index (χ2v) is 8.24. The van der Waals surface area contributed by atoms with E-state index < -0.39 is 0 Å². The van der Waals surface area contributed by atoms with E-state index in [0.29, 0.717) is 17.4 Å². The maximum Gasteiger partial charge on any atom is 0.126 e. The summed E-state index contributed by atoms with van der Waals surface area (Å²) >= 11 is 0. The van der Waals surface area contributed by atoms with E-state index in [2.05, 4.69) is 49.6 Å². The van der Waals surface area contributed by atoms with E-state index in [1.807, 2.05) is 19.1 Å². The average Bonchev–Trinajstić information content (AvgIpc) is 2.91. The molecule has 0 radical (unpaired) electrons. The molecule has 0 bridgehead atoms. The van der Waals surface area contributed by atoms with Gasteiger partial charge in [0.1, 0.15) is 5.82 Å². The highest BCUT2D eigenvalue weighted by atomic mass is 19.1. The minimum absolute atomic E-state index is 0.172. The van der Waals surface area contributed by atoms with Gasteiger partial charge in [-0.2, -0.15) is 5.26 Å². The van der Waals surface area contributed by atoms with Gasteiger partial charge in [0.2, 0.25) is 0 Å². The standard InChI is InChI=1S/C24H25FN2/c1-14(2)24-23(18-11-17(12-18)13-26)20-9-15(3)5-8-22(20)27(24)19-6-7-21(25)16(4)10-19/h5-10,14,17-18H,11-12H2,1-4H3. The molecule has 3 aromatic rings. The molecule has 2 nitrogen and oxygen atoms in total. The second-order valence-electron chi connectivity index (χ2n) is 8.24. The highest BCUT2D eigenvalue weighted by Gasteiger charge is 2.35. The molecule has 1 heterocycles. The molecule has 27 heavy (non-hydrogen) atoms. The minimum Gasteiger partial charge on any atom is -0.313 e. The quantitative estimate of drug-likeness (QED) is 0.522. The smallest absolute Gasteiger partial charge is 0.126 e. The molecule has 2 aromatic carbocycles. The zero-order chi connectivity index (χ0) is 19.3. The molecule has 4 rings (SSSR count). The SMILES string of the molecule is Cc1ccc2c(c1)c(C1CC(C#N)C1)c(C(C)C)n2-c1ccc(F)c(C)c1. The molecule has 138 valence electrons. The van der Waals surface area contributed by atoms with Gasteiger partial charge in [0, 0.05) is 22.7 Å². The summed E-state index contributed by atoms with van der Waals surface area (Å²) in [5, 5.41) is 10.5. The maximum absolute atomic E-state index is 13.9. The fourth-order valence-corrected chi connectivity index (χ4v) is 4.45. The van der Waals surface area contributed by atoms with E-state index in [1.165, 1.54) is 27.7 Å². The number of aromatic nitrogens is 1. The Bertz CT molecular complexity index is 1060. The van der Waals surface area contributed by atoms with Crippen LogP contribution in [0.3, 0.4) is 0 Å². The van der Waals surface area contributed by atoms with Crippen molar-refractivity contribution >= 4 is 10.9 Å². The Balaban J connectivity index is 2.02. The highest BCUT2D eigenvalue weighted by molar-refractivity contribution is 5.89. The van der Waals surface area contributed by atoms with Crippen molar-refractivity contribution in [3.63, 3.8) is 0 Å². The highest BCUT2D eigenvalue weighted by Crippen LogP contribution is 2.48. The third-order valence-corrected chi connectivity index (χ3v) is 5.88. The Kier molecular flexibility index (Phi) is 4.30. The lowest BCUT2D eigenvalue weighted by Gasteiger charge is -2.32. The van der Waals surface area contributed by atoms with Gasteiger partial charge in [0.25, 0.3) is 0 Å². The second kappa shape index (κ2) is 6.53. The number of hydrogen-bond donors (Lipinski definition) is 0. The summed E-state index contributed by atoms with van der Waals surface area (Å²) in [6.07, 6.45) is 1.87. The first-order valence-corrected chi connectivity index (χ1v) is 9.71. The summed E-state index contributed by atoms with van der Waals surface area (Å²) in [6, 6.07) is 14.4. The molecular formula is C24H25FN2. The summed E-state index contributed by atoms with van der Waals surface area (Å²) in [7, 11) is 0. The van der Waals surface area contributed by atoms with Crippen molar-refractivity contribution in [2.24, 2.45) is 5.92 Å². The van der Waals surface area contributed by atoms with E-state index in [4.69, 9.17) is 0 Å².